The Hall–Kier alpha value is -2.10. The summed E-state index contributed by atoms with van der Waals surface area (Å²) in [5.74, 6) is 0.541. The van der Waals surface area contributed by atoms with Crippen molar-refractivity contribution >= 4 is 11.5 Å². The van der Waals surface area contributed by atoms with E-state index in [0.29, 0.717) is 36.9 Å². The summed E-state index contributed by atoms with van der Waals surface area (Å²) in [5.41, 5.74) is 0.597. The van der Waals surface area contributed by atoms with Crippen molar-refractivity contribution in [1.29, 1.82) is 5.26 Å². The van der Waals surface area contributed by atoms with E-state index in [1.807, 2.05) is 11.8 Å². The molecule has 1 heterocycles. The first-order chi connectivity index (χ1) is 9.10. The number of hydrogen-bond acceptors (Lipinski definition) is 5. The zero-order chi connectivity index (χ0) is 14.0. The van der Waals surface area contributed by atoms with Crippen molar-refractivity contribution in [3.05, 3.63) is 15.8 Å². The minimum Gasteiger partial charge on any atom is -0.347 e. The second kappa shape index (κ2) is 5.26. The first-order valence-electron chi connectivity index (χ1n) is 6.44. The number of nitro groups is 1. The summed E-state index contributed by atoms with van der Waals surface area (Å²) in [4.78, 5) is 12.9. The lowest BCUT2D eigenvalue weighted by molar-refractivity contribution is -0.384. The summed E-state index contributed by atoms with van der Waals surface area (Å²) in [6.07, 6.45) is 2.94. The fourth-order valence-electron chi connectivity index (χ4n) is 2.32. The zero-order valence-electron chi connectivity index (χ0n) is 11.2. The van der Waals surface area contributed by atoms with Gasteiger partial charge >= 0.3 is 5.69 Å². The van der Waals surface area contributed by atoms with Gasteiger partial charge in [-0.25, -0.2) is 4.68 Å². The van der Waals surface area contributed by atoms with Gasteiger partial charge in [0.05, 0.1) is 17.4 Å². The number of rotatable bonds is 6. The van der Waals surface area contributed by atoms with Crippen LogP contribution >= 0.6 is 0 Å². The number of hydrogen-bond donors (Lipinski definition) is 0. The van der Waals surface area contributed by atoms with Gasteiger partial charge < -0.3 is 4.90 Å². The smallest absolute Gasteiger partial charge is 0.334 e. The quantitative estimate of drug-likeness (QED) is 0.576. The van der Waals surface area contributed by atoms with E-state index in [1.165, 1.54) is 0 Å². The molecule has 0 bridgehead atoms. The van der Waals surface area contributed by atoms with Crippen LogP contribution < -0.4 is 4.90 Å². The van der Waals surface area contributed by atoms with Crippen molar-refractivity contribution in [2.24, 2.45) is 7.05 Å². The number of aryl methyl sites for hydroxylation is 2. The SMILES string of the molecule is CCc1nn(C)c(N(CCC#N)C2CC2)c1[N+](=O)[O-]. The summed E-state index contributed by atoms with van der Waals surface area (Å²) in [6.45, 7) is 2.38. The number of nitrogens with zero attached hydrogens (tertiary/aromatic N) is 5. The highest BCUT2D eigenvalue weighted by atomic mass is 16.6. The van der Waals surface area contributed by atoms with E-state index in [2.05, 4.69) is 11.2 Å². The van der Waals surface area contributed by atoms with Gasteiger partial charge in [0.2, 0.25) is 5.82 Å². The van der Waals surface area contributed by atoms with Crippen LogP contribution in [0, 0.1) is 21.4 Å². The van der Waals surface area contributed by atoms with Gasteiger partial charge in [0.25, 0.3) is 0 Å². The van der Waals surface area contributed by atoms with Gasteiger partial charge in [-0.2, -0.15) is 10.4 Å². The van der Waals surface area contributed by atoms with Crippen molar-refractivity contribution < 1.29 is 4.92 Å². The molecule has 1 aliphatic rings. The van der Waals surface area contributed by atoms with Crippen LogP contribution in [0.2, 0.25) is 0 Å². The van der Waals surface area contributed by atoms with Gasteiger partial charge in [-0.15, -0.1) is 0 Å². The normalized spacial score (nSPS) is 14.2. The van der Waals surface area contributed by atoms with Crippen molar-refractivity contribution in [3.8, 4) is 6.07 Å². The molecule has 0 atom stereocenters. The number of nitriles is 1. The third-order valence-corrected chi connectivity index (χ3v) is 3.30. The van der Waals surface area contributed by atoms with Crippen LogP contribution in [-0.2, 0) is 13.5 Å². The largest absolute Gasteiger partial charge is 0.347 e. The predicted molar refractivity (Wildman–Crippen MR) is 69.8 cm³/mol. The summed E-state index contributed by atoms with van der Waals surface area (Å²) in [5, 5.41) is 24.3. The molecular formula is C12H17N5O2. The van der Waals surface area contributed by atoms with Crippen LogP contribution in [-0.4, -0.2) is 27.3 Å². The van der Waals surface area contributed by atoms with Crippen LogP contribution in [0.5, 0.6) is 0 Å². The van der Waals surface area contributed by atoms with E-state index in [-0.39, 0.29) is 10.6 Å². The lowest BCUT2D eigenvalue weighted by Crippen LogP contribution is -2.29. The molecule has 1 saturated carbocycles. The van der Waals surface area contributed by atoms with E-state index in [1.54, 1.807) is 11.7 Å². The molecule has 0 radical (unpaired) electrons. The average molecular weight is 263 g/mol. The molecule has 1 fully saturated rings. The zero-order valence-corrected chi connectivity index (χ0v) is 11.2. The topological polar surface area (TPSA) is 88.0 Å². The Kier molecular flexibility index (Phi) is 3.69. The molecule has 1 aromatic heterocycles. The van der Waals surface area contributed by atoms with E-state index in [4.69, 9.17) is 5.26 Å². The second-order valence-electron chi connectivity index (χ2n) is 4.69. The van der Waals surface area contributed by atoms with Crippen LogP contribution in [0.25, 0.3) is 0 Å². The van der Waals surface area contributed by atoms with E-state index in [0.717, 1.165) is 12.8 Å². The molecule has 1 aliphatic carbocycles. The van der Waals surface area contributed by atoms with Crippen molar-refractivity contribution in [3.63, 3.8) is 0 Å². The molecule has 0 spiro atoms. The molecule has 0 N–H and O–H groups in total. The van der Waals surface area contributed by atoms with Crippen LogP contribution in [0.4, 0.5) is 11.5 Å². The lowest BCUT2D eigenvalue weighted by atomic mass is 10.2. The Morgan fingerprint density at radius 3 is 2.79 bits per heavy atom. The Balaban J connectivity index is 2.43. The first-order valence-corrected chi connectivity index (χ1v) is 6.44. The highest BCUT2D eigenvalue weighted by molar-refractivity contribution is 5.62. The molecule has 102 valence electrons. The molecule has 1 aromatic rings. The molecule has 2 rings (SSSR count). The third-order valence-electron chi connectivity index (χ3n) is 3.30. The molecule has 0 unspecified atom stereocenters. The Bertz CT molecular complexity index is 527. The van der Waals surface area contributed by atoms with Crippen LogP contribution in [0.1, 0.15) is 31.9 Å². The maximum Gasteiger partial charge on any atom is 0.334 e. The summed E-state index contributed by atoms with van der Waals surface area (Å²) in [6, 6.07) is 2.41. The Morgan fingerprint density at radius 1 is 1.63 bits per heavy atom. The van der Waals surface area contributed by atoms with E-state index in [9.17, 15) is 10.1 Å². The Labute approximate surface area is 111 Å². The molecule has 0 amide bonds. The fraction of sp³-hybridized carbons (Fsp3) is 0.667. The molecule has 7 heteroatoms. The standard InChI is InChI=1S/C12H17N5O2/c1-3-10-11(17(18)19)12(15(2)14-10)16(8-4-7-13)9-5-6-9/h9H,3-6,8H2,1-2H3. The first kappa shape index (κ1) is 13.3. The summed E-state index contributed by atoms with van der Waals surface area (Å²) < 4.78 is 1.58. The minimum absolute atomic E-state index is 0.0924. The minimum atomic E-state index is -0.358. The van der Waals surface area contributed by atoms with Gasteiger partial charge in [0.15, 0.2) is 0 Å². The maximum absolute atomic E-state index is 11.3. The second-order valence-corrected chi connectivity index (χ2v) is 4.69. The monoisotopic (exact) mass is 263 g/mol. The molecule has 0 saturated heterocycles. The van der Waals surface area contributed by atoms with Gasteiger partial charge in [-0.1, -0.05) is 6.92 Å². The van der Waals surface area contributed by atoms with Gasteiger partial charge in [-0.3, -0.25) is 10.1 Å². The molecular weight excluding hydrogens is 246 g/mol. The van der Waals surface area contributed by atoms with Crippen molar-refractivity contribution in [1.82, 2.24) is 9.78 Å². The van der Waals surface area contributed by atoms with Crippen LogP contribution in [0.15, 0.2) is 0 Å². The number of aromatic nitrogens is 2. The van der Waals surface area contributed by atoms with Gasteiger partial charge in [-0.05, 0) is 19.3 Å². The third kappa shape index (κ3) is 2.52. The van der Waals surface area contributed by atoms with Crippen LogP contribution in [0.3, 0.4) is 0 Å². The Morgan fingerprint density at radius 2 is 2.32 bits per heavy atom. The van der Waals surface area contributed by atoms with E-state index >= 15 is 0 Å². The van der Waals surface area contributed by atoms with Gasteiger partial charge in [0, 0.05) is 19.6 Å². The lowest BCUT2D eigenvalue weighted by Gasteiger charge is -2.22. The molecule has 0 aliphatic heterocycles. The maximum atomic E-state index is 11.3. The number of anilines is 1. The average Bonchev–Trinajstić information content (AvgIpc) is 3.14. The summed E-state index contributed by atoms with van der Waals surface area (Å²) in [7, 11) is 1.73. The highest BCUT2D eigenvalue weighted by Gasteiger charge is 2.37. The molecule has 7 nitrogen and oxygen atoms in total. The fourth-order valence-corrected chi connectivity index (χ4v) is 2.32. The predicted octanol–water partition coefficient (Wildman–Crippen LogP) is 1.77. The van der Waals surface area contributed by atoms with Crippen molar-refractivity contribution in [2.75, 3.05) is 11.4 Å². The van der Waals surface area contributed by atoms with E-state index < -0.39 is 0 Å². The highest BCUT2D eigenvalue weighted by Crippen LogP contribution is 2.38. The summed E-state index contributed by atoms with van der Waals surface area (Å²) >= 11 is 0. The molecule has 19 heavy (non-hydrogen) atoms. The van der Waals surface area contributed by atoms with Gasteiger partial charge in [0.1, 0.15) is 5.69 Å². The molecule has 0 aromatic carbocycles. The van der Waals surface area contributed by atoms with Crippen molar-refractivity contribution in [2.45, 2.75) is 38.6 Å².